The van der Waals surface area contributed by atoms with E-state index in [0.29, 0.717) is 10.6 Å². The Hall–Kier alpha value is -2.42. The lowest BCUT2D eigenvalue weighted by molar-refractivity contribution is 0.0847. The lowest BCUT2D eigenvalue weighted by Crippen LogP contribution is -2.34. The van der Waals surface area contributed by atoms with Crippen LogP contribution in [-0.2, 0) is 0 Å². The number of nitrogens with zero attached hydrogens (tertiary/aromatic N) is 2. The van der Waals surface area contributed by atoms with Gasteiger partial charge in [-0.25, -0.2) is 4.98 Å². The van der Waals surface area contributed by atoms with Crippen molar-refractivity contribution in [3.63, 3.8) is 0 Å². The molecule has 1 amide bonds. The predicted octanol–water partition coefficient (Wildman–Crippen LogP) is 2.78. The van der Waals surface area contributed by atoms with E-state index in [1.54, 1.807) is 11.3 Å². The molecule has 1 atom stereocenters. The fraction of sp³-hybridized carbons (Fsp3) is 0.176. The third-order valence-corrected chi connectivity index (χ3v) is 5.42. The molecule has 0 aliphatic rings. The zero-order valence-electron chi connectivity index (χ0n) is 13.1. The van der Waals surface area contributed by atoms with Crippen LogP contribution in [0.3, 0.4) is 0 Å². The van der Waals surface area contributed by atoms with Gasteiger partial charge >= 0.3 is 0 Å². The van der Waals surface area contributed by atoms with E-state index >= 15 is 0 Å². The number of fused-ring (bicyclic) bond motifs is 3. The van der Waals surface area contributed by atoms with Gasteiger partial charge in [0.05, 0.1) is 10.4 Å². The van der Waals surface area contributed by atoms with Gasteiger partial charge in [0.25, 0.3) is 5.91 Å². The molecule has 0 radical (unpaired) electrons. The van der Waals surface area contributed by atoms with E-state index in [1.165, 1.54) is 11.3 Å². The molecule has 0 saturated heterocycles. The monoisotopic (exact) mass is 373 g/mol. The normalized spacial score (nSPS) is 12.5. The zero-order valence-corrected chi connectivity index (χ0v) is 14.7. The summed E-state index contributed by atoms with van der Waals surface area (Å²) in [4.78, 5) is 19.1. The molecule has 3 aromatic heterocycles. The second kappa shape index (κ2) is 6.83. The van der Waals surface area contributed by atoms with Gasteiger partial charge in [-0.05, 0) is 18.2 Å². The van der Waals surface area contributed by atoms with Crippen LogP contribution in [0.2, 0.25) is 0 Å². The minimum absolute atomic E-state index is 0.120. The second-order valence-electron chi connectivity index (χ2n) is 5.46. The van der Waals surface area contributed by atoms with Crippen molar-refractivity contribution in [2.75, 3.05) is 13.2 Å². The molecule has 4 rings (SSSR count). The van der Waals surface area contributed by atoms with Gasteiger partial charge in [0.2, 0.25) is 0 Å². The Morgan fingerprint density at radius 2 is 2.20 bits per heavy atom. The third kappa shape index (κ3) is 3.37. The number of imidazole rings is 1. The van der Waals surface area contributed by atoms with Crippen LogP contribution in [0.15, 0.2) is 48.0 Å². The average molecular weight is 373 g/mol. The molecule has 0 fully saturated rings. The second-order valence-corrected chi connectivity index (χ2v) is 7.36. The Morgan fingerprint density at radius 3 is 3.04 bits per heavy atom. The maximum atomic E-state index is 12.3. The minimum atomic E-state index is -0.779. The highest BCUT2D eigenvalue weighted by atomic mass is 32.1. The first-order valence-corrected chi connectivity index (χ1v) is 9.39. The van der Waals surface area contributed by atoms with Crippen molar-refractivity contribution in [3.05, 3.63) is 52.9 Å². The molecule has 3 heterocycles. The maximum Gasteiger partial charge on any atom is 0.261 e. The first-order chi connectivity index (χ1) is 12.2. The Labute approximate surface area is 151 Å². The van der Waals surface area contributed by atoms with Crippen molar-refractivity contribution in [3.8, 4) is 5.75 Å². The van der Waals surface area contributed by atoms with E-state index in [9.17, 15) is 9.90 Å². The molecule has 1 aromatic carbocycles. The van der Waals surface area contributed by atoms with Crippen LogP contribution in [0.5, 0.6) is 5.75 Å². The van der Waals surface area contributed by atoms with E-state index < -0.39 is 6.10 Å². The maximum absolute atomic E-state index is 12.3. The highest BCUT2D eigenvalue weighted by Gasteiger charge is 2.16. The summed E-state index contributed by atoms with van der Waals surface area (Å²) in [6.07, 6.45) is 1.16. The molecule has 8 heteroatoms. The molecule has 1 unspecified atom stereocenters. The van der Waals surface area contributed by atoms with Gasteiger partial charge in [-0.2, -0.15) is 0 Å². The Kier molecular flexibility index (Phi) is 4.39. The van der Waals surface area contributed by atoms with Crippen LogP contribution in [0.25, 0.3) is 15.3 Å². The first-order valence-electron chi connectivity index (χ1n) is 7.70. The molecule has 25 heavy (non-hydrogen) atoms. The highest BCUT2D eigenvalue weighted by molar-refractivity contribution is 7.21. The van der Waals surface area contributed by atoms with E-state index in [2.05, 4.69) is 10.3 Å². The number of thiazole rings is 1. The predicted molar refractivity (Wildman–Crippen MR) is 98.7 cm³/mol. The molecule has 2 N–H and O–H groups in total. The molecular formula is C17H15N3O3S2. The largest absolute Gasteiger partial charge is 0.491 e. The van der Waals surface area contributed by atoms with Crippen molar-refractivity contribution < 1.29 is 14.6 Å². The summed E-state index contributed by atoms with van der Waals surface area (Å²) in [6.45, 7) is 0.247. The van der Waals surface area contributed by atoms with E-state index in [4.69, 9.17) is 4.74 Å². The van der Waals surface area contributed by atoms with Gasteiger partial charge in [-0.1, -0.05) is 18.2 Å². The molecule has 0 saturated carbocycles. The number of aliphatic hydroxyl groups excluding tert-OH is 1. The number of hydrogen-bond donors (Lipinski definition) is 2. The SMILES string of the molecule is O=C(NCC(O)COc1ccccc1)c1cc2c(nc3sccn32)s1. The van der Waals surface area contributed by atoms with Gasteiger partial charge in [-0.15, -0.1) is 22.7 Å². The molecule has 0 bridgehead atoms. The minimum Gasteiger partial charge on any atom is -0.491 e. The summed E-state index contributed by atoms with van der Waals surface area (Å²) in [6, 6.07) is 11.1. The van der Waals surface area contributed by atoms with Gasteiger partial charge in [0, 0.05) is 18.1 Å². The van der Waals surface area contributed by atoms with E-state index in [0.717, 1.165) is 15.3 Å². The lowest BCUT2D eigenvalue weighted by Gasteiger charge is -2.12. The first kappa shape index (κ1) is 16.1. The standard InChI is InChI=1S/C17H15N3O3S2/c21-11(10-23-12-4-2-1-3-5-12)9-18-15(22)14-8-13-16(25-14)19-17-20(13)6-7-24-17/h1-8,11,21H,9-10H2,(H,18,22). The summed E-state index contributed by atoms with van der Waals surface area (Å²) < 4.78 is 7.44. The fourth-order valence-electron chi connectivity index (χ4n) is 2.43. The summed E-state index contributed by atoms with van der Waals surface area (Å²) in [5.41, 5.74) is 0.930. The number of rotatable bonds is 6. The fourth-order valence-corrected chi connectivity index (χ4v) is 4.14. The van der Waals surface area contributed by atoms with Crippen LogP contribution in [0.1, 0.15) is 9.67 Å². The highest BCUT2D eigenvalue weighted by Crippen LogP contribution is 2.28. The summed E-state index contributed by atoms with van der Waals surface area (Å²) in [7, 11) is 0. The number of ether oxygens (including phenoxy) is 1. The number of aromatic nitrogens is 2. The van der Waals surface area contributed by atoms with Crippen molar-refractivity contribution >= 4 is 43.9 Å². The van der Waals surface area contributed by atoms with Crippen molar-refractivity contribution in [2.24, 2.45) is 0 Å². The Morgan fingerprint density at radius 1 is 1.36 bits per heavy atom. The molecule has 0 aliphatic carbocycles. The molecule has 0 spiro atoms. The van der Waals surface area contributed by atoms with Gasteiger partial charge in [0.1, 0.15) is 23.3 Å². The summed E-state index contributed by atoms with van der Waals surface area (Å²) in [5, 5.41) is 14.7. The van der Waals surface area contributed by atoms with Crippen LogP contribution >= 0.6 is 22.7 Å². The number of carbonyl (C=O) groups is 1. The van der Waals surface area contributed by atoms with Crippen molar-refractivity contribution in [1.29, 1.82) is 0 Å². The number of nitrogens with one attached hydrogen (secondary N) is 1. The molecule has 6 nitrogen and oxygen atoms in total. The topological polar surface area (TPSA) is 75.9 Å². The van der Waals surface area contributed by atoms with Crippen LogP contribution in [0.4, 0.5) is 0 Å². The number of benzene rings is 1. The lowest BCUT2D eigenvalue weighted by atomic mass is 10.3. The number of hydrogen-bond acceptors (Lipinski definition) is 6. The van der Waals surface area contributed by atoms with Gasteiger partial charge in [0.15, 0.2) is 4.96 Å². The number of para-hydroxylation sites is 1. The molecule has 128 valence electrons. The zero-order chi connectivity index (χ0) is 17.2. The average Bonchev–Trinajstić information content (AvgIpc) is 3.30. The molecule has 4 aromatic rings. The number of thiophene rings is 1. The number of carbonyl (C=O) groups excluding carboxylic acids is 1. The summed E-state index contributed by atoms with van der Waals surface area (Å²) in [5.74, 6) is 0.471. The molecule has 0 aliphatic heterocycles. The van der Waals surface area contributed by atoms with Crippen LogP contribution in [0, 0.1) is 0 Å². The molecular weight excluding hydrogens is 358 g/mol. The summed E-state index contributed by atoms with van der Waals surface area (Å²) >= 11 is 2.91. The Bertz CT molecular complexity index is 1010. The van der Waals surface area contributed by atoms with Crippen molar-refractivity contribution in [2.45, 2.75) is 6.10 Å². The Balaban J connectivity index is 1.34. The van der Waals surface area contributed by atoms with Gasteiger partial charge in [-0.3, -0.25) is 9.20 Å². The number of aliphatic hydroxyl groups is 1. The third-order valence-electron chi connectivity index (χ3n) is 3.65. The van der Waals surface area contributed by atoms with Crippen LogP contribution in [-0.4, -0.2) is 39.7 Å². The van der Waals surface area contributed by atoms with E-state index in [-0.39, 0.29) is 19.1 Å². The number of amides is 1. The van der Waals surface area contributed by atoms with Crippen LogP contribution < -0.4 is 10.1 Å². The van der Waals surface area contributed by atoms with Crippen molar-refractivity contribution in [1.82, 2.24) is 14.7 Å². The van der Waals surface area contributed by atoms with E-state index in [1.807, 2.05) is 52.4 Å². The quantitative estimate of drug-likeness (QED) is 0.545. The van der Waals surface area contributed by atoms with Gasteiger partial charge < -0.3 is 15.2 Å². The smallest absolute Gasteiger partial charge is 0.261 e.